The van der Waals surface area contributed by atoms with Crippen LogP contribution >= 0.6 is 0 Å². The Balaban J connectivity index is 2.88. The van der Waals surface area contributed by atoms with E-state index in [-0.39, 0.29) is 5.69 Å². The average Bonchev–Trinajstić information content (AvgIpc) is 2.31. The second-order valence-corrected chi connectivity index (χ2v) is 3.45. The third-order valence-corrected chi connectivity index (χ3v) is 2.31. The van der Waals surface area contributed by atoms with Crippen LogP contribution in [0.5, 0.6) is 0 Å². The number of anilines is 1. The van der Waals surface area contributed by atoms with Crippen LogP contribution in [0.15, 0.2) is 18.2 Å². The van der Waals surface area contributed by atoms with Crippen LogP contribution in [0.4, 0.5) is 27.6 Å². The largest absolute Gasteiger partial charge is 0.433 e. The Morgan fingerprint density at radius 1 is 1.11 bits per heavy atom. The van der Waals surface area contributed by atoms with Gasteiger partial charge in [-0.25, -0.2) is 13.8 Å². The normalized spacial score (nSPS) is 11.9. The van der Waals surface area contributed by atoms with Gasteiger partial charge in [0.15, 0.2) is 0 Å². The van der Waals surface area contributed by atoms with Gasteiger partial charge in [0.1, 0.15) is 22.8 Å². The van der Waals surface area contributed by atoms with Gasteiger partial charge in [0.25, 0.3) is 0 Å². The third-order valence-electron chi connectivity index (χ3n) is 2.31. The summed E-state index contributed by atoms with van der Waals surface area (Å²) in [5, 5.41) is -0.425. The number of pyridine rings is 1. The van der Waals surface area contributed by atoms with Crippen molar-refractivity contribution in [2.24, 2.45) is 5.84 Å². The average molecular weight is 263 g/mol. The standard InChI is InChI=1S/C10H6F5N3/c11-4-1-2-5(12)9-8(4)6(18-16)3-7(17-9)10(13,14)15/h1-3H,16H2,(H,17,18). The highest BCUT2D eigenvalue weighted by molar-refractivity contribution is 5.92. The summed E-state index contributed by atoms with van der Waals surface area (Å²) in [6.45, 7) is 0. The van der Waals surface area contributed by atoms with E-state index in [1.54, 1.807) is 0 Å². The Hall–Kier alpha value is -1.96. The predicted octanol–water partition coefficient (Wildman–Crippen LogP) is 2.82. The zero-order chi connectivity index (χ0) is 13.5. The zero-order valence-electron chi connectivity index (χ0n) is 8.65. The number of benzene rings is 1. The zero-order valence-corrected chi connectivity index (χ0v) is 8.65. The molecule has 1 aromatic carbocycles. The molecule has 2 aromatic rings. The molecule has 2 rings (SSSR count). The number of nitrogens with two attached hydrogens (primary N) is 1. The number of hydrazine groups is 1. The van der Waals surface area contributed by atoms with Crippen LogP contribution in [0.3, 0.4) is 0 Å². The van der Waals surface area contributed by atoms with E-state index in [9.17, 15) is 22.0 Å². The van der Waals surface area contributed by atoms with Gasteiger partial charge in [-0.15, -0.1) is 0 Å². The summed E-state index contributed by atoms with van der Waals surface area (Å²) in [5.41, 5.74) is -0.560. The molecule has 0 radical (unpaired) electrons. The van der Waals surface area contributed by atoms with E-state index in [1.807, 2.05) is 5.43 Å². The first-order valence-corrected chi connectivity index (χ1v) is 4.67. The van der Waals surface area contributed by atoms with Crippen LogP contribution in [-0.2, 0) is 6.18 Å². The summed E-state index contributed by atoms with van der Waals surface area (Å²) in [6.07, 6.45) is -4.78. The van der Waals surface area contributed by atoms with Crippen molar-refractivity contribution in [2.45, 2.75) is 6.18 Å². The van der Waals surface area contributed by atoms with Gasteiger partial charge < -0.3 is 5.43 Å². The maximum Gasteiger partial charge on any atom is 0.433 e. The Labute approximate surface area is 97.4 Å². The minimum absolute atomic E-state index is 0.385. The van der Waals surface area contributed by atoms with E-state index >= 15 is 0 Å². The molecule has 0 atom stereocenters. The molecule has 0 amide bonds. The summed E-state index contributed by atoms with van der Waals surface area (Å²) >= 11 is 0. The molecule has 0 saturated carbocycles. The first-order valence-electron chi connectivity index (χ1n) is 4.67. The SMILES string of the molecule is NNc1cc(C(F)(F)F)nc2c(F)ccc(F)c12. The fraction of sp³-hybridized carbons (Fsp3) is 0.100. The molecule has 0 saturated heterocycles. The molecular formula is C10H6F5N3. The second-order valence-electron chi connectivity index (χ2n) is 3.45. The van der Waals surface area contributed by atoms with Crippen LogP contribution in [0.2, 0.25) is 0 Å². The highest BCUT2D eigenvalue weighted by Gasteiger charge is 2.34. The van der Waals surface area contributed by atoms with Crippen LogP contribution in [-0.4, -0.2) is 4.98 Å². The number of alkyl halides is 3. The fourth-order valence-corrected chi connectivity index (χ4v) is 1.53. The van der Waals surface area contributed by atoms with Gasteiger partial charge in [-0.05, 0) is 18.2 Å². The lowest BCUT2D eigenvalue weighted by atomic mass is 10.1. The third kappa shape index (κ3) is 1.94. The molecule has 3 nitrogen and oxygen atoms in total. The molecule has 0 bridgehead atoms. The van der Waals surface area contributed by atoms with Crippen molar-refractivity contribution >= 4 is 16.6 Å². The van der Waals surface area contributed by atoms with Crippen molar-refractivity contribution in [1.82, 2.24) is 4.98 Å². The molecule has 0 aliphatic heterocycles. The Kier molecular flexibility index (Phi) is 2.81. The van der Waals surface area contributed by atoms with Gasteiger partial charge in [-0.2, -0.15) is 13.2 Å². The summed E-state index contributed by atoms with van der Waals surface area (Å²) in [7, 11) is 0. The van der Waals surface area contributed by atoms with Crippen molar-refractivity contribution in [3.8, 4) is 0 Å². The molecule has 8 heteroatoms. The van der Waals surface area contributed by atoms with Gasteiger partial charge in [-0.1, -0.05) is 0 Å². The van der Waals surface area contributed by atoms with Crippen molar-refractivity contribution in [3.05, 3.63) is 35.5 Å². The lowest BCUT2D eigenvalue weighted by Crippen LogP contribution is -2.13. The molecular weight excluding hydrogens is 257 g/mol. The quantitative estimate of drug-likeness (QED) is 0.472. The van der Waals surface area contributed by atoms with Crippen molar-refractivity contribution < 1.29 is 22.0 Å². The topological polar surface area (TPSA) is 50.9 Å². The molecule has 1 heterocycles. The molecule has 1 aromatic heterocycles. The Morgan fingerprint density at radius 3 is 2.28 bits per heavy atom. The van der Waals surface area contributed by atoms with Crippen LogP contribution in [0.1, 0.15) is 5.69 Å². The molecule has 96 valence electrons. The monoisotopic (exact) mass is 263 g/mol. The van der Waals surface area contributed by atoms with Crippen LogP contribution in [0.25, 0.3) is 10.9 Å². The lowest BCUT2D eigenvalue weighted by Gasteiger charge is -2.12. The van der Waals surface area contributed by atoms with E-state index < -0.39 is 34.4 Å². The van der Waals surface area contributed by atoms with E-state index in [0.717, 1.165) is 6.07 Å². The van der Waals surface area contributed by atoms with E-state index in [2.05, 4.69) is 4.98 Å². The summed E-state index contributed by atoms with van der Waals surface area (Å²) in [6, 6.07) is 2.00. The van der Waals surface area contributed by atoms with Crippen molar-refractivity contribution in [1.29, 1.82) is 0 Å². The number of nitrogen functional groups attached to an aromatic ring is 1. The summed E-state index contributed by atoms with van der Waals surface area (Å²) in [5.74, 6) is 3.04. The van der Waals surface area contributed by atoms with E-state index in [0.29, 0.717) is 12.1 Å². The van der Waals surface area contributed by atoms with E-state index in [1.165, 1.54) is 0 Å². The van der Waals surface area contributed by atoms with Crippen LogP contribution in [0, 0.1) is 11.6 Å². The van der Waals surface area contributed by atoms with Crippen molar-refractivity contribution in [3.63, 3.8) is 0 Å². The van der Waals surface area contributed by atoms with Gasteiger partial charge in [0, 0.05) is 0 Å². The lowest BCUT2D eigenvalue weighted by molar-refractivity contribution is -0.140. The van der Waals surface area contributed by atoms with Gasteiger partial charge >= 0.3 is 6.18 Å². The molecule has 0 aliphatic carbocycles. The first kappa shape index (κ1) is 12.5. The second kappa shape index (κ2) is 4.05. The maximum absolute atomic E-state index is 13.5. The highest BCUT2D eigenvalue weighted by Crippen LogP contribution is 2.34. The van der Waals surface area contributed by atoms with E-state index in [4.69, 9.17) is 5.84 Å². The number of aromatic nitrogens is 1. The fourth-order valence-electron chi connectivity index (χ4n) is 1.53. The number of halogens is 5. The molecule has 3 N–H and O–H groups in total. The molecule has 0 spiro atoms. The number of rotatable bonds is 1. The Morgan fingerprint density at radius 2 is 1.72 bits per heavy atom. The number of hydrogen-bond acceptors (Lipinski definition) is 3. The molecule has 0 aliphatic rings. The smallest absolute Gasteiger partial charge is 0.323 e. The molecule has 18 heavy (non-hydrogen) atoms. The maximum atomic E-state index is 13.5. The number of hydrogen-bond donors (Lipinski definition) is 2. The van der Waals surface area contributed by atoms with Crippen molar-refractivity contribution in [2.75, 3.05) is 5.43 Å². The predicted molar refractivity (Wildman–Crippen MR) is 54.5 cm³/mol. The van der Waals surface area contributed by atoms with Gasteiger partial charge in [0.05, 0.1) is 11.1 Å². The first-order chi connectivity index (χ1) is 8.34. The van der Waals surface area contributed by atoms with Gasteiger partial charge in [0.2, 0.25) is 0 Å². The Bertz CT molecular complexity index is 608. The van der Waals surface area contributed by atoms with Gasteiger partial charge in [-0.3, -0.25) is 5.84 Å². The summed E-state index contributed by atoms with van der Waals surface area (Å²) < 4.78 is 64.4. The summed E-state index contributed by atoms with van der Waals surface area (Å²) in [4.78, 5) is 3.08. The molecule has 0 unspecified atom stereocenters. The number of nitrogens with zero attached hydrogens (tertiary/aromatic N) is 1. The highest BCUT2D eigenvalue weighted by atomic mass is 19.4. The minimum atomic E-state index is -4.78. The number of fused-ring (bicyclic) bond motifs is 1. The van der Waals surface area contributed by atoms with Crippen LogP contribution < -0.4 is 11.3 Å². The molecule has 0 fully saturated rings. The minimum Gasteiger partial charge on any atom is -0.323 e. The number of nitrogens with one attached hydrogen (secondary N) is 1.